The fourth-order valence-corrected chi connectivity index (χ4v) is 5.72. The van der Waals surface area contributed by atoms with Gasteiger partial charge < -0.3 is 15.0 Å². The van der Waals surface area contributed by atoms with Crippen molar-refractivity contribution in [2.45, 2.75) is 32.1 Å². The summed E-state index contributed by atoms with van der Waals surface area (Å²) in [5, 5.41) is 2.75. The molecule has 10 heteroatoms. The summed E-state index contributed by atoms with van der Waals surface area (Å²) in [6.07, 6.45) is 0.100. The van der Waals surface area contributed by atoms with Crippen LogP contribution in [0.5, 0.6) is 11.5 Å². The van der Waals surface area contributed by atoms with Gasteiger partial charge in [-0.15, -0.1) is 0 Å². The Bertz CT molecular complexity index is 1100. The molecule has 1 fully saturated rings. The fourth-order valence-electron chi connectivity index (χ4n) is 3.38. The molecule has 0 saturated carbocycles. The minimum Gasteiger partial charge on any atom is -0.455 e. The second kappa shape index (κ2) is 11.0. The standard InChI is InChI=1S/C23H29N3O5S2/c1-4-26(5-2)33(29,30)19-10-11-21(31-18-8-6-17(3)7-9-18)20(16-19)24-22(27)12-13-25-14-15-32-23(25)28/h6-11,16H,4-5,12-15H2,1-3H3,(H,24,27). The van der Waals surface area contributed by atoms with Crippen molar-refractivity contribution < 1.29 is 22.7 Å². The quantitative estimate of drug-likeness (QED) is 0.532. The number of thioether (sulfide) groups is 1. The highest BCUT2D eigenvalue weighted by atomic mass is 32.2. The minimum atomic E-state index is -3.72. The van der Waals surface area contributed by atoms with Crippen molar-refractivity contribution >= 4 is 38.6 Å². The van der Waals surface area contributed by atoms with Crippen LogP contribution in [0.1, 0.15) is 25.8 Å². The maximum Gasteiger partial charge on any atom is 0.281 e. The molecule has 0 aromatic heterocycles. The molecule has 1 aliphatic rings. The third-order valence-electron chi connectivity index (χ3n) is 5.27. The molecule has 1 aliphatic heterocycles. The van der Waals surface area contributed by atoms with Crippen LogP contribution in [0.4, 0.5) is 10.5 Å². The van der Waals surface area contributed by atoms with E-state index >= 15 is 0 Å². The van der Waals surface area contributed by atoms with Gasteiger partial charge in [0, 0.05) is 38.4 Å². The zero-order chi connectivity index (χ0) is 24.0. The third-order valence-corrected chi connectivity index (χ3v) is 8.21. The van der Waals surface area contributed by atoms with E-state index in [9.17, 15) is 18.0 Å². The maximum atomic E-state index is 13.0. The Labute approximate surface area is 199 Å². The van der Waals surface area contributed by atoms with Crippen LogP contribution in [0, 0.1) is 6.92 Å². The molecule has 0 aliphatic carbocycles. The van der Waals surface area contributed by atoms with Crippen molar-refractivity contribution in [3.05, 3.63) is 48.0 Å². The normalized spacial score (nSPS) is 14.1. The van der Waals surface area contributed by atoms with Crippen LogP contribution in [0.15, 0.2) is 47.4 Å². The molecular weight excluding hydrogens is 462 g/mol. The number of hydrogen-bond donors (Lipinski definition) is 1. The van der Waals surface area contributed by atoms with E-state index in [4.69, 9.17) is 4.74 Å². The van der Waals surface area contributed by atoms with Crippen molar-refractivity contribution in [1.82, 2.24) is 9.21 Å². The highest BCUT2D eigenvalue weighted by Crippen LogP contribution is 2.33. The fraction of sp³-hybridized carbons (Fsp3) is 0.391. The molecule has 2 aromatic carbocycles. The first kappa shape index (κ1) is 25.1. The summed E-state index contributed by atoms with van der Waals surface area (Å²) < 4.78 is 33.3. The Morgan fingerprint density at radius 1 is 1.15 bits per heavy atom. The molecule has 1 saturated heterocycles. The molecular formula is C23H29N3O5S2. The predicted molar refractivity (Wildman–Crippen MR) is 130 cm³/mol. The van der Waals surface area contributed by atoms with Gasteiger partial charge in [0.2, 0.25) is 15.9 Å². The van der Waals surface area contributed by atoms with E-state index in [0.29, 0.717) is 37.7 Å². The topological polar surface area (TPSA) is 96.0 Å². The van der Waals surface area contributed by atoms with Crippen LogP contribution in [0.2, 0.25) is 0 Å². The van der Waals surface area contributed by atoms with Gasteiger partial charge in [-0.3, -0.25) is 9.59 Å². The predicted octanol–water partition coefficient (Wildman–Crippen LogP) is 4.32. The Morgan fingerprint density at radius 2 is 1.85 bits per heavy atom. The molecule has 0 bridgehead atoms. The SMILES string of the molecule is CCN(CC)S(=O)(=O)c1ccc(Oc2ccc(C)cc2)c(NC(=O)CCN2CCSC2=O)c1. The van der Waals surface area contributed by atoms with Crippen molar-refractivity contribution in [1.29, 1.82) is 0 Å². The Hall–Kier alpha value is -2.56. The molecule has 8 nitrogen and oxygen atoms in total. The lowest BCUT2D eigenvalue weighted by molar-refractivity contribution is -0.116. The van der Waals surface area contributed by atoms with Gasteiger partial charge in [-0.05, 0) is 37.3 Å². The first-order valence-corrected chi connectivity index (χ1v) is 13.3. The van der Waals surface area contributed by atoms with Gasteiger partial charge >= 0.3 is 0 Å². The molecule has 178 valence electrons. The number of hydrogen-bond acceptors (Lipinski definition) is 6. The number of sulfonamides is 1. The lowest BCUT2D eigenvalue weighted by atomic mass is 10.2. The van der Waals surface area contributed by atoms with Gasteiger partial charge in [0.25, 0.3) is 5.24 Å². The number of nitrogens with zero attached hydrogens (tertiary/aromatic N) is 2. The Balaban J connectivity index is 1.86. The number of carbonyl (C=O) groups excluding carboxylic acids is 2. The van der Waals surface area contributed by atoms with Crippen LogP contribution in [0.25, 0.3) is 0 Å². The molecule has 0 spiro atoms. The zero-order valence-electron chi connectivity index (χ0n) is 19.0. The molecule has 33 heavy (non-hydrogen) atoms. The van der Waals surface area contributed by atoms with Crippen LogP contribution in [-0.4, -0.2) is 60.7 Å². The summed E-state index contributed by atoms with van der Waals surface area (Å²) in [5.41, 5.74) is 1.34. The molecule has 1 heterocycles. The third kappa shape index (κ3) is 6.27. The maximum absolute atomic E-state index is 13.0. The van der Waals surface area contributed by atoms with Crippen LogP contribution in [0.3, 0.4) is 0 Å². The van der Waals surface area contributed by atoms with E-state index < -0.39 is 10.0 Å². The molecule has 3 rings (SSSR count). The average Bonchev–Trinajstić information content (AvgIpc) is 3.20. The minimum absolute atomic E-state index is 0.0292. The van der Waals surface area contributed by atoms with E-state index in [2.05, 4.69) is 5.32 Å². The number of aryl methyl sites for hydroxylation is 1. The van der Waals surface area contributed by atoms with Crippen LogP contribution in [-0.2, 0) is 14.8 Å². The number of amides is 2. The molecule has 0 atom stereocenters. The van der Waals surface area contributed by atoms with Crippen LogP contribution < -0.4 is 10.1 Å². The van der Waals surface area contributed by atoms with Crippen molar-refractivity contribution in [2.24, 2.45) is 0 Å². The van der Waals surface area contributed by atoms with E-state index in [1.165, 1.54) is 28.2 Å². The average molecular weight is 492 g/mol. The second-order valence-corrected chi connectivity index (χ2v) is 10.5. The van der Waals surface area contributed by atoms with E-state index in [-0.39, 0.29) is 28.2 Å². The molecule has 0 radical (unpaired) electrons. The largest absolute Gasteiger partial charge is 0.455 e. The van der Waals surface area contributed by atoms with Gasteiger partial charge in [-0.1, -0.05) is 43.3 Å². The zero-order valence-corrected chi connectivity index (χ0v) is 20.7. The highest BCUT2D eigenvalue weighted by molar-refractivity contribution is 8.13. The van der Waals surface area contributed by atoms with Crippen LogP contribution >= 0.6 is 11.8 Å². The number of ether oxygens (including phenoxy) is 1. The summed E-state index contributed by atoms with van der Waals surface area (Å²) in [4.78, 5) is 26.1. The van der Waals surface area contributed by atoms with Gasteiger partial charge in [-0.2, -0.15) is 4.31 Å². The van der Waals surface area contributed by atoms with Crippen molar-refractivity contribution in [3.63, 3.8) is 0 Å². The summed E-state index contributed by atoms with van der Waals surface area (Å²) in [6, 6.07) is 11.9. The first-order chi connectivity index (χ1) is 15.7. The molecule has 2 aromatic rings. The Kier molecular flexibility index (Phi) is 8.39. The summed E-state index contributed by atoms with van der Waals surface area (Å²) in [6.45, 7) is 7.12. The number of nitrogens with one attached hydrogen (secondary N) is 1. The smallest absolute Gasteiger partial charge is 0.281 e. The number of benzene rings is 2. The molecule has 1 N–H and O–H groups in total. The van der Waals surface area contributed by atoms with Gasteiger partial charge in [0.1, 0.15) is 5.75 Å². The number of carbonyl (C=O) groups is 2. The van der Waals surface area contributed by atoms with E-state index in [0.717, 1.165) is 11.3 Å². The lowest BCUT2D eigenvalue weighted by Crippen LogP contribution is -2.30. The van der Waals surface area contributed by atoms with Gasteiger partial charge in [-0.25, -0.2) is 8.42 Å². The second-order valence-electron chi connectivity index (χ2n) is 7.56. The number of anilines is 1. The molecule has 0 unspecified atom stereocenters. The first-order valence-electron chi connectivity index (χ1n) is 10.8. The molecule has 2 amide bonds. The Morgan fingerprint density at radius 3 is 2.45 bits per heavy atom. The van der Waals surface area contributed by atoms with Gasteiger partial charge in [0.15, 0.2) is 5.75 Å². The monoisotopic (exact) mass is 491 g/mol. The number of rotatable bonds is 10. The summed E-state index contributed by atoms with van der Waals surface area (Å²) in [7, 11) is -3.72. The highest BCUT2D eigenvalue weighted by Gasteiger charge is 2.24. The lowest BCUT2D eigenvalue weighted by Gasteiger charge is -2.20. The van der Waals surface area contributed by atoms with Gasteiger partial charge in [0.05, 0.1) is 10.6 Å². The van der Waals surface area contributed by atoms with E-state index in [1.54, 1.807) is 36.9 Å². The summed E-state index contributed by atoms with van der Waals surface area (Å²) in [5.74, 6) is 1.29. The summed E-state index contributed by atoms with van der Waals surface area (Å²) >= 11 is 1.24. The van der Waals surface area contributed by atoms with E-state index in [1.807, 2.05) is 19.1 Å². The van der Waals surface area contributed by atoms with Crippen molar-refractivity contribution in [3.8, 4) is 11.5 Å². The van der Waals surface area contributed by atoms with Crippen molar-refractivity contribution in [2.75, 3.05) is 37.2 Å².